The average molecular weight is 361 g/mol. The minimum Gasteiger partial charge on any atom is -0.396 e. The number of tetrazole rings is 1. The zero-order valence-electron chi connectivity index (χ0n) is 14.7. The third kappa shape index (κ3) is 3.90. The van der Waals surface area contributed by atoms with Crippen molar-refractivity contribution in [3.63, 3.8) is 0 Å². The first-order valence-corrected chi connectivity index (χ1v) is 8.75. The van der Waals surface area contributed by atoms with Gasteiger partial charge < -0.3 is 5.11 Å². The van der Waals surface area contributed by atoms with Gasteiger partial charge in [-0.2, -0.15) is 10.3 Å². The number of hydrogen-bond acceptors (Lipinski definition) is 6. The van der Waals surface area contributed by atoms with Gasteiger partial charge in [0.2, 0.25) is 5.82 Å². The first-order chi connectivity index (χ1) is 13.3. The molecule has 0 aliphatic rings. The van der Waals surface area contributed by atoms with Gasteiger partial charge in [-0.05, 0) is 28.3 Å². The van der Waals surface area contributed by atoms with E-state index in [1.807, 2.05) is 28.9 Å². The molecule has 4 aromatic rings. The van der Waals surface area contributed by atoms with Crippen molar-refractivity contribution >= 4 is 0 Å². The maximum absolute atomic E-state index is 8.89. The fraction of sp³-hybridized carbons (Fsp3) is 0.211. The predicted octanol–water partition coefficient (Wildman–Crippen LogP) is 2.10. The summed E-state index contributed by atoms with van der Waals surface area (Å²) in [6.07, 6.45) is 3.10. The van der Waals surface area contributed by atoms with E-state index in [9.17, 15) is 0 Å². The topological polar surface area (TPSA) is 105 Å². The summed E-state index contributed by atoms with van der Waals surface area (Å²) in [5.74, 6) is 1.34. The minimum atomic E-state index is 0.154. The Balaban J connectivity index is 1.52. The Morgan fingerprint density at radius 1 is 1.00 bits per heavy atom. The molecule has 0 unspecified atom stereocenters. The molecule has 0 saturated heterocycles. The van der Waals surface area contributed by atoms with Gasteiger partial charge in [0.05, 0.1) is 6.54 Å². The number of aromatic nitrogens is 7. The molecular formula is C19H19N7O. The molecule has 0 fully saturated rings. The van der Waals surface area contributed by atoms with Gasteiger partial charge in [0.25, 0.3) is 0 Å². The summed E-state index contributed by atoms with van der Waals surface area (Å²) < 4.78 is 1.81. The van der Waals surface area contributed by atoms with Gasteiger partial charge in [-0.3, -0.25) is 0 Å². The van der Waals surface area contributed by atoms with Gasteiger partial charge >= 0.3 is 0 Å². The Morgan fingerprint density at radius 2 is 1.81 bits per heavy atom. The number of aryl methyl sites for hydroxylation is 1. The summed E-state index contributed by atoms with van der Waals surface area (Å²) in [5, 5.41) is 27.7. The lowest BCUT2D eigenvalue weighted by Gasteiger charge is -2.08. The summed E-state index contributed by atoms with van der Waals surface area (Å²) in [7, 11) is 0. The maximum atomic E-state index is 8.89. The zero-order chi connectivity index (χ0) is 18.5. The van der Waals surface area contributed by atoms with E-state index < -0.39 is 0 Å². The van der Waals surface area contributed by atoms with E-state index in [-0.39, 0.29) is 6.61 Å². The summed E-state index contributed by atoms with van der Waals surface area (Å²) in [5.41, 5.74) is 4.21. The highest BCUT2D eigenvalue weighted by Gasteiger charge is 2.10. The van der Waals surface area contributed by atoms with E-state index in [2.05, 4.69) is 55.0 Å². The van der Waals surface area contributed by atoms with Crippen LogP contribution in [0.3, 0.4) is 0 Å². The molecule has 0 bridgehead atoms. The van der Waals surface area contributed by atoms with E-state index >= 15 is 0 Å². The highest BCUT2D eigenvalue weighted by molar-refractivity contribution is 5.80. The first-order valence-electron chi connectivity index (χ1n) is 8.75. The minimum absolute atomic E-state index is 0.154. The van der Waals surface area contributed by atoms with Crippen LogP contribution in [-0.4, -0.2) is 47.1 Å². The highest BCUT2D eigenvalue weighted by Crippen LogP contribution is 2.29. The average Bonchev–Trinajstić information content (AvgIpc) is 3.39. The second-order valence-electron chi connectivity index (χ2n) is 6.16. The molecule has 4 rings (SSSR count). The summed E-state index contributed by atoms with van der Waals surface area (Å²) >= 11 is 0. The lowest BCUT2D eigenvalue weighted by Crippen LogP contribution is -2.01. The monoisotopic (exact) mass is 361 g/mol. The number of benzene rings is 2. The van der Waals surface area contributed by atoms with Crippen molar-refractivity contribution in [3.8, 4) is 22.5 Å². The second kappa shape index (κ2) is 7.88. The quantitative estimate of drug-likeness (QED) is 0.522. The molecule has 0 saturated carbocycles. The van der Waals surface area contributed by atoms with Crippen molar-refractivity contribution < 1.29 is 5.11 Å². The third-order valence-electron chi connectivity index (χ3n) is 4.27. The van der Waals surface area contributed by atoms with Crippen LogP contribution < -0.4 is 0 Å². The molecule has 136 valence electrons. The smallest absolute Gasteiger partial charge is 0.205 e. The van der Waals surface area contributed by atoms with Gasteiger partial charge in [-0.25, -0.2) is 9.67 Å². The number of aromatic amines is 1. The Labute approximate surface area is 155 Å². The van der Waals surface area contributed by atoms with Crippen LogP contribution in [0.1, 0.15) is 17.8 Å². The van der Waals surface area contributed by atoms with Crippen LogP contribution in [0.5, 0.6) is 0 Å². The third-order valence-corrected chi connectivity index (χ3v) is 4.27. The predicted molar refractivity (Wildman–Crippen MR) is 99.6 cm³/mol. The molecular weight excluding hydrogens is 342 g/mol. The van der Waals surface area contributed by atoms with Crippen molar-refractivity contribution in [1.29, 1.82) is 0 Å². The summed E-state index contributed by atoms with van der Waals surface area (Å²) in [6.45, 7) is 0.806. The van der Waals surface area contributed by atoms with Gasteiger partial charge in [-0.15, -0.1) is 10.2 Å². The zero-order valence-corrected chi connectivity index (χ0v) is 14.7. The standard InChI is InChI=1S/C19H19N7O/c27-11-3-6-18-20-13-26(23-18)12-14-7-9-15(10-8-14)16-4-1-2-5-17(16)19-21-24-25-22-19/h1-2,4-5,7-10,13,27H,3,6,11-12H2,(H,21,22,24,25). The van der Waals surface area contributed by atoms with Gasteiger partial charge in [-0.1, -0.05) is 48.5 Å². The van der Waals surface area contributed by atoms with Crippen LogP contribution in [0.15, 0.2) is 54.9 Å². The molecule has 2 aromatic heterocycles. The fourth-order valence-corrected chi connectivity index (χ4v) is 2.94. The number of aliphatic hydroxyl groups excluding tert-OH is 1. The van der Waals surface area contributed by atoms with E-state index in [4.69, 9.17) is 5.11 Å². The Hall–Kier alpha value is -3.39. The van der Waals surface area contributed by atoms with E-state index in [1.165, 1.54) is 0 Å². The Morgan fingerprint density at radius 3 is 2.56 bits per heavy atom. The first kappa shape index (κ1) is 17.0. The molecule has 0 spiro atoms. The van der Waals surface area contributed by atoms with Crippen LogP contribution >= 0.6 is 0 Å². The van der Waals surface area contributed by atoms with Crippen molar-refractivity contribution in [2.75, 3.05) is 6.61 Å². The molecule has 2 heterocycles. The largest absolute Gasteiger partial charge is 0.396 e. The van der Waals surface area contributed by atoms with Gasteiger partial charge in [0.15, 0.2) is 5.82 Å². The molecule has 8 heteroatoms. The summed E-state index contributed by atoms with van der Waals surface area (Å²) in [6, 6.07) is 16.3. The molecule has 27 heavy (non-hydrogen) atoms. The van der Waals surface area contributed by atoms with Crippen LogP contribution in [0, 0.1) is 0 Å². The Bertz CT molecular complexity index is 993. The SMILES string of the molecule is OCCCc1ncn(Cc2ccc(-c3ccccc3-c3nn[nH]n3)cc2)n1. The lowest BCUT2D eigenvalue weighted by molar-refractivity contribution is 0.287. The molecule has 0 amide bonds. The van der Waals surface area contributed by atoms with Gasteiger partial charge in [0, 0.05) is 18.6 Å². The van der Waals surface area contributed by atoms with Crippen LogP contribution in [0.4, 0.5) is 0 Å². The normalized spacial score (nSPS) is 11.0. The number of hydrogen-bond donors (Lipinski definition) is 2. The Kier molecular flexibility index (Phi) is 4.97. The highest BCUT2D eigenvalue weighted by atomic mass is 16.2. The molecule has 2 aromatic carbocycles. The van der Waals surface area contributed by atoms with Gasteiger partial charge in [0.1, 0.15) is 6.33 Å². The lowest BCUT2D eigenvalue weighted by atomic mass is 9.98. The number of rotatable bonds is 7. The van der Waals surface area contributed by atoms with Crippen LogP contribution in [-0.2, 0) is 13.0 Å². The molecule has 2 N–H and O–H groups in total. The number of H-pyrrole nitrogens is 1. The second-order valence-corrected chi connectivity index (χ2v) is 6.16. The van der Waals surface area contributed by atoms with Crippen molar-refractivity contribution in [3.05, 3.63) is 66.2 Å². The molecule has 0 atom stereocenters. The fourth-order valence-electron chi connectivity index (χ4n) is 2.94. The van der Waals surface area contributed by atoms with Crippen molar-refractivity contribution in [2.45, 2.75) is 19.4 Å². The summed E-state index contributed by atoms with van der Waals surface area (Å²) in [4.78, 5) is 4.27. The molecule has 8 nitrogen and oxygen atoms in total. The van der Waals surface area contributed by atoms with E-state index in [0.717, 1.165) is 28.1 Å². The van der Waals surface area contributed by atoms with Crippen molar-refractivity contribution in [1.82, 2.24) is 35.4 Å². The van der Waals surface area contributed by atoms with E-state index in [0.29, 0.717) is 25.2 Å². The van der Waals surface area contributed by atoms with Crippen molar-refractivity contribution in [2.24, 2.45) is 0 Å². The number of nitrogens with zero attached hydrogens (tertiary/aromatic N) is 6. The molecule has 0 aliphatic carbocycles. The number of nitrogens with one attached hydrogen (secondary N) is 1. The maximum Gasteiger partial charge on any atom is 0.205 e. The number of aliphatic hydroxyl groups is 1. The van der Waals surface area contributed by atoms with Crippen LogP contribution in [0.2, 0.25) is 0 Å². The molecule has 0 aliphatic heterocycles. The van der Waals surface area contributed by atoms with E-state index in [1.54, 1.807) is 6.33 Å². The van der Waals surface area contributed by atoms with Crippen LogP contribution in [0.25, 0.3) is 22.5 Å². The molecule has 0 radical (unpaired) electrons.